The molecular weight excluding hydrogens is 166 g/mol. The van der Waals surface area contributed by atoms with Gasteiger partial charge < -0.3 is 4.74 Å². The van der Waals surface area contributed by atoms with Gasteiger partial charge >= 0.3 is 0 Å². The Bertz CT molecular complexity index is 226. The van der Waals surface area contributed by atoms with Crippen molar-refractivity contribution in [1.29, 1.82) is 0 Å². The molecule has 0 saturated carbocycles. The van der Waals surface area contributed by atoms with E-state index in [4.69, 9.17) is 4.74 Å². The summed E-state index contributed by atoms with van der Waals surface area (Å²) in [5.74, 6) is 0. The summed E-state index contributed by atoms with van der Waals surface area (Å²) in [6.07, 6.45) is 2.74. The average Bonchev–Trinajstić information content (AvgIpc) is 2.48. The normalized spacial score (nSPS) is 11.9. The van der Waals surface area contributed by atoms with Crippen molar-refractivity contribution in [3.8, 4) is 0 Å². The van der Waals surface area contributed by atoms with Crippen molar-refractivity contribution < 1.29 is 4.74 Å². The lowest BCUT2D eigenvalue weighted by atomic mass is 9.93. The van der Waals surface area contributed by atoms with Crippen LogP contribution in [0.3, 0.4) is 0 Å². The maximum Gasteiger partial charge on any atom is 0.108 e. The van der Waals surface area contributed by atoms with E-state index in [2.05, 4.69) is 36.2 Å². The Morgan fingerprint density at radius 3 is 2.77 bits per heavy atom. The van der Waals surface area contributed by atoms with E-state index in [0.717, 1.165) is 18.7 Å². The first-order valence-electron chi connectivity index (χ1n) is 4.50. The fourth-order valence-corrected chi connectivity index (χ4v) is 0.850. The van der Waals surface area contributed by atoms with E-state index in [1.54, 1.807) is 6.20 Å². The van der Waals surface area contributed by atoms with Crippen molar-refractivity contribution in [1.82, 2.24) is 15.4 Å². The fourth-order valence-electron chi connectivity index (χ4n) is 0.850. The van der Waals surface area contributed by atoms with Crippen LogP contribution in [-0.2, 0) is 11.3 Å². The molecule has 1 N–H and O–H groups in total. The van der Waals surface area contributed by atoms with E-state index < -0.39 is 0 Å². The third-order valence-electron chi connectivity index (χ3n) is 1.71. The highest BCUT2D eigenvalue weighted by Gasteiger charge is 2.09. The van der Waals surface area contributed by atoms with Crippen LogP contribution < -0.4 is 0 Å². The second-order valence-electron chi connectivity index (χ2n) is 4.32. The molecule has 0 amide bonds. The lowest BCUT2D eigenvalue weighted by Crippen LogP contribution is -2.09. The predicted octanol–water partition coefficient (Wildman–Crippen LogP) is 1.76. The van der Waals surface area contributed by atoms with Gasteiger partial charge in [0.2, 0.25) is 0 Å². The quantitative estimate of drug-likeness (QED) is 0.723. The topological polar surface area (TPSA) is 50.8 Å². The Morgan fingerprint density at radius 2 is 2.23 bits per heavy atom. The van der Waals surface area contributed by atoms with Gasteiger partial charge in [0, 0.05) is 6.61 Å². The van der Waals surface area contributed by atoms with Crippen molar-refractivity contribution in [2.24, 2.45) is 5.41 Å². The van der Waals surface area contributed by atoms with Gasteiger partial charge in [-0.15, -0.1) is 0 Å². The third-order valence-corrected chi connectivity index (χ3v) is 1.71. The Balaban J connectivity index is 2.09. The molecular formula is C9H17N3O. The first kappa shape index (κ1) is 10.2. The number of ether oxygens (including phenoxy) is 1. The summed E-state index contributed by atoms with van der Waals surface area (Å²) in [5, 5.41) is 10.1. The van der Waals surface area contributed by atoms with E-state index in [1.807, 2.05) is 0 Å². The molecule has 0 saturated heterocycles. The van der Waals surface area contributed by atoms with Gasteiger partial charge in [0.05, 0.1) is 12.8 Å². The molecule has 4 heteroatoms. The zero-order valence-corrected chi connectivity index (χ0v) is 8.50. The van der Waals surface area contributed by atoms with Gasteiger partial charge in [-0.05, 0) is 11.8 Å². The summed E-state index contributed by atoms with van der Waals surface area (Å²) in [7, 11) is 0. The van der Waals surface area contributed by atoms with Gasteiger partial charge in [0.25, 0.3) is 0 Å². The number of hydrogen-bond donors (Lipinski definition) is 1. The zero-order chi connectivity index (χ0) is 9.73. The van der Waals surface area contributed by atoms with Crippen LogP contribution in [0.4, 0.5) is 0 Å². The molecule has 4 nitrogen and oxygen atoms in total. The summed E-state index contributed by atoms with van der Waals surface area (Å²) >= 11 is 0. The van der Waals surface area contributed by atoms with Crippen LogP contribution in [-0.4, -0.2) is 22.0 Å². The van der Waals surface area contributed by atoms with Crippen molar-refractivity contribution in [3.63, 3.8) is 0 Å². The molecule has 13 heavy (non-hydrogen) atoms. The van der Waals surface area contributed by atoms with Crippen LogP contribution in [0.2, 0.25) is 0 Å². The van der Waals surface area contributed by atoms with Crippen LogP contribution >= 0.6 is 0 Å². The molecule has 74 valence electrons. The van der Waals surface area contributed by atoms with Gasteiger partial charge in [-0.2, -0.15) is 15.4 Å². The van der Waals surface area contributed by atoms with Crippen LogP contribution in [0.25, 0.3) is 0 Å². The molecule has 0 aliphatic heterocycles. The van der Waals surface area contributed by atoms with Crippen molar-refractivity contribution in [3.05, 3.63) is 11.9 Å². The second kappa shape index (κ2) is 4.37. The molecule has 1 rings (SSSR count). The third kappa shape index (κ3) is 4.62. The van der Waals surface area contributed by atoms with Crippen LogP contribution in [0.1, 0.15) is 32.9 Å². The lowest BCUT2D eigenvalue weighted by molar-refractivity contribution is 0.0940. The minimum Gasteiger partial charge on any atom is -0.375 e. The van der Waals surface area contributed by atoms with E-state index in [-0.39, 0.29) is 0 Å². The van der Waals surface area contributed by atoms with Crippen molar-refractivity contribution >= 4 is 0 Å². The number of nitrogens with one attached hydrogen (secondary N) is 1. The molecule has 0 bridgehead atoms. The smallest absolute Gasteiger partial charge is 0.108 e. The molecule has 0 spiro atoms. The number of hydrogen-bond acceptors (Lipinski definition) is 3. The van der Waals surface area contributed by atoms with Gasteiger partial charge in [-0.1, -0.05) is 20.8 Å². The minimum absolute atomic E-state index is 0.337. The first-order chi connectivity index (χ1) is 6.08. The number of H-pyrrole nitrogens is 1. The second-order valence-corrected chi connectivity index (χ2v) is 4.32. The number of rotatable bonds is 4. The van der Waals surface area contributed by atoms with Gasteiger partial charge in [0.1, 0.15) is 5.69 Å². The standard InChI is InChI=1S/C9H17N3O/c1-9(2,3)4-5-13-7-8-6-10-12-11-8/h6H,4-5,7H2,1-3H3,(H,10,11,12). The Hall–Kier alpha value is -0.900. The summed E-state index contributed by atoms with van der Waals surface area (Å²) in [4.78, 5) is 0. The molecule has 0 fully saturated rings. The Kier molecular flexibility index (Phi) is 3.42. The predicted molar refractivity (Wildman–Crippen MR) is 50.1 cm³/mol. The summed E-state index contributed by atoms with van der Waals surface area (Å²) in [6.45, 7) is 7.92. The molecule has 1 aromatic rings. The molecule has 1 aromatic heterocycles. The van der Waals surface area contributed by atoms with Gasteiger partial charge in [0.15, 0.2) is 0 Å². The maximum atomic E-state index is 5.43. The molecule has 0 aliphatic carbocycles. The molecule has 0 aromatic carbocycles. The van der Waals surface area contributed by atoms with Crippen LogP contribution in [0, 0.1) is 5.41 Å². The lowest BCUT2D eigenvalue weighted by Gasteiger charge is -2.17. The Morgan fingerprint density at radius 1 is 1.46 bits per heavy atom. The number of aromatic amines is 1. The van der Waals surface area contributed by atoms with Crippen LogP contribution in [0.15, 0.2) is 6.20 Å². The maximum absolute atomic E-state index is 5.43. The van der Waals surface area contributed by atoms with E-state index in [9.17, 15) is 0 Å². The monoisotopic (exact) mass is 183 g/mol. The summed E-state index contributed by atoms with van der Waals surface area (Å²) in [5.41, 5.74) is 1.19. The fraction of sp³-hybridized carbons (Fsp3) is 0.778. The Labute approximate surface area is 78.7 Å². The molecule has 1 heterocycles. The highest BCUT2D eigenvalue weighted by atomic mass is 16.5. The SMILES string of the molecule is CC(C)(C)CCOCc1cn[nH]n1. The van der Waals surface area contributed by atoms with Crippen molar-refractivity contribution in [2.45, 2.75) is 33.8 Å². The molecule has 0 radical (unpaired) electrons. The summed E-state index contributed by atoms with van der Waals surface area (Å²) in [6, 6.07) is 0. The zero-order valence-electron chi connectivity index (χ0n) is 8.50. The number of nitrogens with zero attached hydrogens (tertiary/aromatic N) is 2. The van der Waals surface area contributed by atoms with E-state index in [1.165, 1.54) is 0 Å². The van der Waals surface area contributed by atoms with Crippen molar-refractivity contribution in [2.75, 3.05) is 6.61 Å². The highest BCUT2D eigenvalue weighted by molar-refractivity contribution is 4.86. The molecule has 0 aliphatic rings. The van der Waals surface area contributed by atoms with Gasteiger partial charge in [-0.3, -0.25) is 0 Å². The minimum atomic E-state index is 0.337. The molecule has 0 atom stereocenters. The van der Waals surface area contributed by atoms with E-state index in [0.29, 0.717) is 12.0 Å². The average molecular weight is 183 g/mol. The highest BCUT2D eigenvalue weighted by Crippen LogP contribution is 2.18. The van der Waals surface area contributed by atoms with E-state index >= 15 is 0 Å². The first-order valence-corrected chi connectivity index (χ1v) is 4.50. The van der Waals surface area contributed by atoms with Gasteiger partial charge in [-0.25, -0.2) is 0 Å². The van der Waals surface area contributed by atoms with Crippen LogP contribution in [0.5, 0.6) is 0 Å². The number of aromatic nitrogens is 3. The molecule has 0 unspecified atom stereocenters. The largest absolute Gasteiger partial charge is 0.375 e. The summed E-state index contributed by atoms with van der Waals surface area (Å²) < 4.78 is 5.43.